The zero-order valence-corrected chi connectivity index (χ0v) is 15.7. The van der Waals surface area contributed by atoms with E-state index in [2.05, 4.69) is 0 Å². The number of halogens is 6. The predicted molar refractivity (Wildman–Crippen MR) is 98.9 cm³/mol. The molecule has 12 heteroatoms. The third kappa shape index (κ3) is 5.06. The summed E-state index contributed by atoms with van der Waals surface area (Å²) in [5, 5.41) is 13.4. The highest BCUT2D eigenvalue weighted by molar-refractivity contribution is 6.05. The molecule has 1 aliphatic rings. The molecule has 0 aliphatic carbocycles. The summed E-state index contributed by atoms with van der Waals surface area (Å²) in [5.41, 5.74) is -4.29. The second-order valence-corrected chi connectivity index (χ2v) is 6.90. The second kappa shape index (κ2) is 8.08. The Morgan fingerprint density at radius 2 is 1.48 bits per heavy atom. The van der Waals surface area contributed by atoms with Crippen molar-refractivity contribution >= 4 is 23.0 Å². The quantitative estimate of drug-likeness (QED) is 0.382. The van der Waals surface area contributed by atoms with Crippen LogP contribution in [0.25, 0.3) is 0 Å². The normalized spacial score (nSPS) is 14.6. The van der Waals surface area contributed by atoms with Crippen molar-refractivity contribution in [3.8, 4) is 0 Å². The molecule has 31 heavy (non-hydrogen) atoms. The van der Waals surface area contributed by atoms with Gasteiger partial charge in [0.25, 0.3) is 11.6 Å². The zero-order chi connectivity index (χ0) is 23.0. The molecule has 0 spiro atoms. The van der Waals surface area contributed by atoms with Gasteiger partial charge in [0.15, 0.2) is 0 Å². The van der Waals surface area contributed by atoms with E-state index >= 15 is 0 Å². The molecular formula is C19H15F6N3O3. The van der Waals surface area contributed by atoms with Crippen molar-refractivity contribution in [3.05, 3.63) is 63.2 Å². The minimum absolute atomic E-state index is 0.0641. The number of carbonyl (C=O) groups is 1. The molecule has 1 saturated heterocycles. The number of anilines is 2. The summed E-state index contributed by atoms with van der Waals surface area (Å²) in [7, 11) is 0. The molecule has 2 aromatic carbocycles. The number of alkyl halides is 6. The number of amides is 1. The van der Waals surface area contributed by atoms with Crippen LogP contribution in [-0.4, -0.2) is 23.9 Å². The van der Waals surface area contributed by atoms with Gasteiger partial charge in [0.1, 0.15) is 5.69 Å². The van der Waals surface area contributed by atoms with Crippen molar-refractivity contribution in [3.63, 3.8) is 0 Å². The van der Waals surface area contributed by atoms with Crippen LogP contribution in [0.1, 0.15) is 34.3 Å². The second-order valence-electron chi connectivity index (χ2n) is 6.90. The van der Waals surface area contributed by atoms with Gasteiger partial charge in [0, 0.05) is 30.4 Å². The molecule has 1 heterocycles. The SMILES string of the molecule is O=C(Nc1cc(C(F)(F)F)cc(C(F)(F)F)c1)c1ccc(N2CCCC2)c([N+](=O)[O-])c1. The maximum absolute atomic E-state index is 13.0. The van der Waals surface area contributed by atoms with Crippen LogP contribution < -0.4 is 10.2 Å². The van der Waals surface area contributed by atoms with E-state index in [1.807, 2.05) is 5.32 Å². The van der Waals surface area contributed by atoms with Crippen LogP contribution in [0, 0.1) is 10.1 Å². The van der Waals surface area contributed by atoms with Crippen LogP contribution in [0.3, 0.4) is 0 Å². The molecule has 0 bridgehead atoms. The predicted octanol–water partition coefficient (Wildman–Crippen LogP) is 5.48. The topological polar surface area (TPSA) is 75.5 Å². The van der Waals surface area contributed by atoms with Crippen molar-refractivity contribution < 1.29 is 36.1 Å². The van der Waals surface area contributed by atoms with Gasteiger partial charge >= 0.3 is 12.4 Å². The van der Waals surface area contributed by atoms with E-state index in [4.69, 9.17) is 0 Å². The Kier molecular flexibility index (Phi) is 5.83. The molecule has 0 radical (unpaired) electrons. The summed E-state index contributed by atoms with van der Waals surface area (Å²) in [6.07, 6.45) is -8.46. The highest BCUT2D eigenvalue weighted by Gasteiger charge is 2.37. The number of hydrogen-bond donors (Lipinski definition) is 1. The molecule has 166 valence electrons. The summed E-state index contributed by atoms with van der Waals surface area (Å²) in [6, 6.07) is 4.17. The van der Waals surface area contributed by atoms with Gasteiger partial charge in [-0.25, -0.2) is 0 Å². The lowest BCUT2D eigenvalue weighted by Crippen LogP contribution is -2.20. The monoisotopic (exact) mass is 447 g/mol. The first-order valence-corrected chi connectivity index (χ1v) is 9.00. The zero-order valence-electron chi connectivity index (χ0n) is 15.7. The fourth-order valence-electron chi connectivity index (χ4n) is 3.27. The van der Waals surface area contributed by atoms with Crippen molar-refractivity contribution in [2.24, 2.45) is 0 Å². The Bertz CT molecular complexity index is 982. The van der Waals surface area contributed by atoms with E-state index in [1.165, 1.54) is 12.1 Å². The maximum Gasteiger partial charge on any atom is 0.416 e. The molecule has 0 atom stereocenters. The standard InChI is InChI=1S/C19H15F6N3O3/c20-18(21,22)12-8-13(19(23,24)25)10-14(9-12)26-17(29)11-3-4-15(16(7-11)28(30)31)27-5-1-2-6-27/h3-4,7-10H,1-2,5-6H2,(H,26,29). The maximum atomic E-state index is 13.0. The van der Waals surface area contributed by atoms with E-state index in [0.29, 0.717) is 25.2 Å². The number of nitro benzene ring substituents is 1. The van der Waals surface area contributed by atoms with E-state index in [1.54, 1.807) is 4.90 Å². The number of rotatable bonds is 4. The number of nitro groups is 1. The Morgan fingerprint density at radius 1 is 0.935 bits per heavy atom. The van der Waals surface area contributed by atoms with Crippen LogP contribution in [0.2, 0.25) is 0 Å². The largest absolute Gasteiger partial charge is 0.416 e. The summed E-state index contributed by atoms with van der Waals surface area (Å²) < 4.78 is 77.8. The van der Waals surface area contributed by atoms with Gasteiger partial charge in [0.05, 0.1) is 16.1 Å². The van der Waals surface area contributed by atoms with Crippen LogP contribution in [0.4, 0.5) is 43.4 Å². The van der Waals surface area contributed by atoms with Crippen LogP contribution in [-0.2, 0) is 12.4 Å². The number of benzene rings is 2. The molecule has 1 N–H and O–H groups in total. The summed E-state index contributed by atoms with van der Waals surface area (Å²) in [4.78, 5) is 24.9. The minimum Gasteiger partial charge on any atom is -0.366 e. The third-order valence-corrected chi connectivity index (χ3v) is 4.73. The van der Waals surface area contributed by atoms with Gasteiger partial charge < -0.3 is 10.2 Å². The van der Waals surface area contributed by atoms with E-state index in [0.717, 1.165) is 18.9 Å². The van der Waals surface area contributed by atoms with Crippen LogP contribution >= 0.6 is 0 Å². The first kappa shape index (κ1) is 22.4. The van der Waals surface area contributed by atoms with Crippen molar-refractivity contribution in [1.82, 2.24) is 0 Å². The Hall–Kier alpha value is -3.31. The number of hydrogen-bond acceptors (Lipinski definition) is 4. The van der Waals surface area contributed by atoms with Crippen molar-refractivity contribution in [2.75, 3.05) is 23.3 Å². The average molecular weight is 447 g/mol. The van der Waals surface area contributed by atoms with E-state index in [-0.39, 0.29) is 23.0 Å². The van der Waals surface area contributed by atoms with Gasteiger partial charge in [-0.1, -0.05) is 0 Å². The lowest BCUT2D eigenvalue weighted by Gasteiger charge is -2.18. The molecule has 1 aliphatic heterocycles. The van der Waals surface area contributed by atoms with Crippen LogP contribution in [0.5, 0.6) is 0 Å². The Balaban J connectivity index is 1.94. The highest BCUT2D eigenvalue weighted by Crippen LogP contribution is 2.38. The van der Waals surface area contributed by atoms with Crippen molar-refractivity contribution in [2.45, 2.75) is 25.2 Å². The molecule has 0 unspecified atom stereocenters. The fraction of sp³-hybridized carbons (Fsp3) is 0.316. The molecule has 2 aromatic rings. The fourth-order valence-corrected chi connectivity index (χ4v) is 3.27. The number of carbonyl (C=O) groups excluding carboxylic acids is 1. The highest BCUT2D eigenvalue weighted by atomic mass is 19.4. The first-order valence-electron chi connectivity index (χ1n) is 9.00. The molecule has 1 amide bonds. The number of nitrogens with one attached hydrogen (secondary N) is 1. The van der Waals surface area contributed by atoms with Crippen molar-refractivity contribution in [1.29, 1.82) is 0 Å². The average Bonchev–Trinajstić information content (AvgIpc) is 3.20. The molecule has 0 aromatic heterocycles. The third-order valence-electron chi connectivity index (χ3n) is 4.73. The Morgan fingerprint density at radius 3 is 1.97 bits per heavy atom. The molecule has 3 rings (SSSR count). The van der Waals surface area contributed by atoms with Gasteiger partial charge in [-0.3, -0.25) is 14.9 Å². The lowest BCUT2D eigenvalue weighted by molar-refractivity contribution is -0.384. The van der Waals surface area contributed by atoms with Gasteiger partial charge in [-0.15, -0.1) is 0 Å². The molecule has 6 nitrogen and oxygen atoms in total. The summed E-state index contributed by atoms with van der Waals surface area (Å²) in [5.74, 6) is -1.08. The minimum atomic E-state index is -5.07. The summed E-state index contributed by atoms with van der Waals surface area (Å²) in [6.45, 7) is 1.19. The van der Waals surface area contributed by atoms with Gasteiger partial charge in [0.2, 0.25) is 0 Å². The van der Waals surface area contributed by atoms with Gasteiger partial charge in [-0.2, -0.15) is 26.3 Å². The number of nitrogens with zero attached hydrogens (tertiary/aromatic N) is 2. The lowest BCUT2D eigenvalue weighted by atomic mass is 10.1. The molecule has 1 fully saturated rings. The van der Waals surface area contributed by atoms with E-state index in [9.17, 15) is 41.3 Å². The summed E-state index contributed by atoms with van der Waals surface area (Å²) >= 11 is 0. The smallest absolute Gasteiger partial charge is 0.366 e. The first-order chi connectivity index (χ1) is 14.4. The Labute approximate surface area is 171 Å². The van der Waals surface area contributed by atoms with Crippen LogP contribution in [0.15, 0.2) is 36.4 Å². The molecular weight excluding hydrogens is 432 g/mol. The molecule has 0 saturated carbocycles. The van der Waals surface area contributed by atoms with E-state index < -0.39 is 40.0 Å². The van der Waals surface area contributed by atoms with Gasteiger partial charge in [-0.05, 0) is 43.2 Å².